The van der Waals surface area contributed by atoms with Crippen LogP contribution in [0.4, 0.5) is 13.2 Å². The molecule has 0 aliphatic rings. The molecular weight excluding hydrogens is 485 g/mol. The van der Waals surface area contributed by atoms with Crippen LogP contribution >= 0.6 is 11.3 Å². The van der Waals surface area contributed by atoms with Crippen molar-refractivity contribution in [2.45, 2.75) is 5.51 Å². The molecule has 3 aromatic carbocycles. The summed E-state index contributed by atoms with van der Waals surface area (Å²) < 4.78 is 69.1. The first kappa shape index (κ1) is 20.9. The fourth-order valence-corrected chi connectivity index (χ4v) is 5.69. The molecule has 0 aliphatic carbocycles. The van der Waals surface area contributed by atoms with Crippen LogP contribution in [0.5, 0.6) is 5.75 Å². The van der Waals surface area contributed by atoms with Crippen molar-refractivity contribution in [1.82, 2.24) is 9.38 Å². The topological polar surface area (TPSA) is 60.7 Å². The third-order valence-electron chi connectivity index (χ3n) is 5.56. The number of rotatable bonds is 3. The van der Waals surface area contributed by atoms with E-state index in [-0.39, 0.29) is 0 Å². The van der Waals surface area contributed by atoms with Crippen molar-refractivity contribution in [2.75, 3.05) is 0 Å². The highest BCUT2D eigenvalue weighted by Crippen LogP contribution is 2.40. The number of hydrogen-bond acceptors (Lipinski definition) is 5. The van der Waals surface area contributed by atoms with Crippen LogP contribution in [0.1, 0.15) is 0 Å². The second-order valence-corrected chi connectivity index (χ2v) is 10.2. The predicted molar refractivity (Wildman–Crippen MR) is 127 cm³/mol. The number of alkyl halides is 3. The maximum Gasteiger partial charge on any atom is 0.534 e. The molecule has 3 aromatic heterocycles. The molecule has 5 nitrogen and oxygen atoms in total. The van der Waals surface area contributed by atoms with Crippen LogP contribution < -0.4 is 4.18 Å². The van der Waals surface area contributed by atoms with E-state index in [0.29, 0.717) is 5.56 Å². The smallest absolute Gasteiger partial charge is 0.376 e. The average Bonchev–Trinajstić information content (AvgIpc) is 3.37. The van der Waals surface area contributed by atoms with Crippen molar-refractivity contribution >= 4 is 58.3 Å². The third kappa shape index (κ3) is 3.13. The molecule has 0 spiro atoms. The quantitative estimate of drug-likeness (QED) is 0.200. The molecule has 6 rings (SSSR count). The van der Waals surface area contributed by atoms with Crippen molar-refractivity contribution in [2.24, 2.45) is 0 Å². The van der Waals surface area contributed by atoms with Gasteiger partial charge in [0.15, 0.2) is 5.65 Å². The van der Waals surface area contributed by atoms with E-state index in [1.165, 1.54) is 24.3 Å². The Bertz CT molecular complexity index is 1840. The predicted octanol–water partition coefficient (Wildman–Crippen LogP) is 6.75. The van der Waals surface area contributed by atoms with Crippen LogP contribution in [0, 0.1) is 0 Å². The number of hydrogen-bond donors (Lipinski definition) is 0. The summed E-state index contributed by atoms with van der Waals surface area (Å²) in [5, 5.41) is 2.09. The lowest BCUT2D eigenvalue weighted by Gasteiger charge is -2.11. The van der Waals surface area contributed by atoms with Gasteiger partial charge in [-0.05, 0) is 54.1 Å². The van der Waals surface area contributed by atoms with E-state index in [9.17, 15) is 21.6 Å². The molecule has 0 aliphatic heterocycles. The van der Waals surface area contributed by atoms with Gasteiger partial charge in [-0.3, -0.25) is 4.40 Å². The van der Waals surface area contributed by atoms with Crippen molar-refractivity contribution < 1.29 is 25.8 Å². The second-order valence-electron chi connectivity index (χ2n) is 7.64. The van der Waals surface area contributed by atoms with Crippen molar-refractivity contribution in [1.29, 1.82) is 0 Å². The number of thiophene rings is 1. The summed E-state index contributed by atoms with van der Waals surface area (Å²) in [4.78, 5) is 4.86. The third-order valence-corrected chi connectivity index (χ3v) is 7.72. The van der Waals surface area contributed by atoms with Crippen LogP contribution in [0.3, 0.4) is 0 Å². The van der Waals surface area contributed by atoms with Crippen molar-refractivity contribution in [3.8, 4) is 17.0 Å². The summed E-state index contributed by atoms with van der Waals surface area (Å²) in [6.07, 6.45) is 0. The minimum atomic E-state index is -5.74. The minimum Gasteiger partial charge on any atom is -0.376 e. The van der Waals surface area contributed by atoms with Gasteiger partial charge in [-0.1, -0.05) is 30.3 Å². The molecule has 6 aromatic rings. The molecule has 0 bridgehead atoms. The van der Waals surface area contributed by atoms with Gasteiger partial charge in [0.2, 0.25) is 0 Å². The number of benzene rings is 3. The maximum atomic E-state index is 12.7. The van der Waals surface area contributed by atoms with Crippen molar-refractivity contribution in [3.63, 3.8) is 0 Å². The molecule has 0 unspecified atom stereocenters. The van der Waals surface area contributed by atoms with Gasteiger partial charge in [0, 0.05) is 15.5 Å². The summed E-state index contributed by atoms with van der Waals surface area (Å²) in [5.41, 5.74) is -1.60. The fraction of sp³-hybridized carbons (Fsp3) is 0.0417. The van der Waals surface area contributed by atoms with E-state index in [1.54, 1.807) is 11.3 Å². The van der Waals surface area contributed by atoms with Crippen LogP contribution in [0.15, 0.2) is 78.9 Å². The zero-order valence-corrected chi connectivity index (χ0v) is 18.7. The van der Waals surface area contributed by atoms with Crippen LogP contribution in [-0.2, 0) is 10.1 Å². The average molecular weight is 499 g/mol. The van der Waals surface area contributed by atoms with Crippen molar-refractivity contribution in [3.05, 3.63) is 78.9 Å². The summed E-state index contributed by atoms with van der Waals surface area (Å²) in [6.45, 7) is 0. The molecule has 0 saturated carbocycles. The summed E-state index contributed by atoms with van der Waals surface area (Å²) in [7, 11) is -5.74. The van der Waals surface area contributed by atoms with Gasteiger partial charge in [0.05, 0.1) is 21.4 Å². The van der Waals surface area contributed by atoms with Gasteiger partial charge in [-0.25, -0.2) is 4.98 Å². The van der Waals surface area contributed by atoms with Gasteiger partial charge in [-0.15, -0.1) is 11.3 Å². The van der Waals surface area contributed by atoms with E-state index < -0.39 is 21.4 Å². The Hall–Kier alpha value is -3.63. The lowest BCUT2D eigenvalue weighted by atomic mass is 10.1. The van der Waals surface area contributed by atoms with E-state index in [1.807, 2.05) is 59.0 Å². The Labute approximate surface area is 194 Å². The Morgan fingerprint density at radius 1 is 0.882 bits per heavy atom. The number of fused-ring (bicyclic) bond motifs is 7. The highest BCUT2D eigenvalue weighted by Gasteiger charge is 2.48. The summed E-state index contributed by atoms with van der Waals surface area (Å²) >= 11 is 1.64. The molecule has 0 N–H and O–H groups in total. The molecule has 0 amide bonds. The summed E-state index contributed by atoms with van der Waals surface area (Å²) in [6, 6.07) is 23.2. The molecule has 34 heavy (non-hydrogen) atoms. The molecule has 3 heterocycles. The number of nitrogens with zero attached hydrogens (tertiary/aromatic N) is 2. The SMILES string of the molecule is O=S(=O)(Oc1ccc(-c2cc3c4ccccc4sc3c3nc4ccccc4n23)cc1)C(F)(F)F. The van der Waals surface area contributed by atoms with E-state index >= 15 is 0 Å². The van der Waals surface area contributed by atoms with Gasteiger partial charge in [0.25, 0.3) is 0 Å². The van der Waals surface area contributed by atoms with Gasteiger partial charge < -0.3 is 4.18 Å². The molecular formula is C24H13F3N2O3S2. The lowest BCUT2D eigenvalue weighted by molar-refractivity contribution is -0.0500. The highest BCUT2D eigenvalue weighted by atomic mass is 32.2. The highest BCUT2D eigenvalue weighted by molar-refractivity contribution is 7.88. The van der Waals surface area contributed by atoms with Gasteiger partial charge in [-0.2, -0.15) is 21.6 Å². The normalized spacial score (nSPS) is 12.8. The monoisotopic (exact) mass is 498 g/mol. The van der Waals surface area contributed by atoms with Crippen LogP contribution in [0.2, 0.25) is 0 Å². The molecule has 0 fully saturated rings. The zero-order valence-electron chi connectivity index (χ0n) is 17.1. The van der Waals surface area contributed by atoms with E-state index in [2.05, 4.69) is 4.18 Å². The molecule has 0 radical (unpaired) electrons. The molecule has 0 atom stereocenters. The van der Waals surface area contributed by atoms with Crippen LogP contribution in [0.25, 0.3) is 48.1 Å². The Kier molecular flexibility index (Phi) is 4.42. The summed E-state index contributed by atoms with van der Waals surface area (Å²) in [5.74, 6) is -0.421. The zero-order chi connectivity index (χ0) is 23.7. The number of para-hydroxylation sites is 2. The maximum absolute atomic E-state index is 12.7. The van der Waals surface area contributed by atoms with Gasteiger partial charge >= 0.3 is 15.6 Å². The van der Waals surface area contributed by atoms with E-state index in [0.717, 1.165) is 42.5 Å². The number of pyridine rings is 1. The van der Waals surface area contributed by atoms with Crippen LogP contribution in [-0.4, -0.2) is 23.3 Å². The van der Waals surface area contributed by atoms with Gasteiger partial charge in [0.1, 0.15) is 5.75 Å². The molecule has 10 heteroatoms. The lowest BCUT2D eigenvalue weighted by Crippen LogP contribution is -2.28. The number of aromatic nitrogens is 2. The minimum absolute atomic E-state index is 0.421. The second kappa shape index (κ2) is 7.18. The first-order valence-corrected chi connectivity index (χ1v) is 12.3. The Balaban J connectivity index is 1.59. The van der Waals surface area contributed by atoms with E-state index in [4.69, 9.17) is 4.98 Å². The largest absolute Gasteiger partial charge is 0.534 e. The first-order chi connectivity index (χ1) is 16.2. The first-order valence-electron chi connectivity index (χ1n) is 10.1. The fourth-order valence-electron chi connectivity index (χ4n) is 4.07. The molecule has 170 valence electrons. The Morgan fingerprint density at radius 3 is 2.35 bits per heavy atom. The number of halogens is 3. The standard InChI is InChI=1S/C24H13F3N2O3S2/c25-24(26,27)34(30,31)32-15-11-9-14(10-12-15)20-13-17-16-5-1-4-8-21(16)33-22(17)23-28-18-6-2-3-7-19(18)29(20)23/h1-13H. The molecule has 0 saturated heterocycles. The number of imidazole rings is 1. The Morgan fingerprint density at radius 2 is 1.59 bits per heavy atom.